The summed E-state index contributed by atoms with van der Waals surface area (Å²) >= 11 is 5.62. The van der Waals surface area contributed by atoms with Crippen LogP contribution in [0, 0.1) is 0 Å². The zero-order valence-corrected chi connectivity index (χ0v) is 7.33. The molecule has 2 unspecified atom stereocenters. The van der Waals surface area contributed by atoms with E-state index in [9.17, 15) is 0 Å². The molecule has 8 heavy (non-hydrogen) atoms. The van der Waals surface area contributed by atoms with Crippen LogP contribution < -0.4 is 0 Å². The standard InChI is InChI=1S/C6H14ClP/c1-3-4-5-6(2)8-7/h6,8H,3-5H2,1-2H3. The van der Waals surface area contributed by atoms with E-state index in [1.807, 2.05) is 0 Å². The average molecular weight is 153 g/mol. The molecule has 0 N–H and O–H groups in total. The van der Waals surface area contributed by atoms with Gasteiger partial charge >= 0.3 is 0 Å². The third kappa shape index (κ3) is 4.87. The first-order chi connectivity index (χ1) is 3.81. The van der Waals surface area contributed by atoms with Gasteiger partial charge in [0, 0.05) is 0 Å². The molecule has 0 saturated carbocycles. The minimum atomic E-state index is 0.614. The van der Waals surface area contributed by atoms with E-state index in [0.717, 1.165) is 5.66 Å². The molecule has 0 nitrogen and oxygen atoms in total. The summed E-state index contributed by atoms with van der Waals surface area (Å²) in [4.78, 5) is 0. The number of unbranched alkanes of at least 4 members (excludes halogenated alkanes) is 1. The highest BCUT2D eigenvalue weighted by Gasteiger charge is 1.96. The maximum absolute atomic E-state index is 5.62. The molecule has 0 aromatic heterocycles. The third-order valence-electron chi connectivity index (χ3n) is 1.18. The van der Waals surface area contributed by atoms with Crippen molar-refractivity contribution in [2.45, 2.75) is 38.8 Å². The summed E-state index contributed by atoms with van der Waals surface area (Å²) < 4.78 is 0. The van der Waals surface area contributed by atoms with Gasteiger partial charge in [-0.15, -0.1) is 0 Å². The Kier molecular flexibility index (Phi) is 6.38. The van der Waals surface area contributed by atoms with Crippen LogP contribution in [0.1, 0.15) is 33.1 Å². The van der Waals surface area contributed by atoms with E-state index in [2.05, 4.69) is 13.8 Å². The summed E-state index contributed by atoms with van der Waals surface area (Å²) in [7, 11) is 0.614. The van der Waals surface area contributed by atoms with Crippen LogP contribution in [-0.2, 0) is 0 Å². The zero-order valence-electron chi connectivity index (χ0n) is 5.58. The average Bonchev–Trinajstić information content (AvgIpc) is 1.83. The van der Waals surface area contributed by atoms with Gasteiger partial charge in [0.05, 0.1) is 0 Å². The molecule has 0 spiro atoms. The summed E-state index contributed by atoms with van der Waals surface area (Å²) in [5.74, 6) is 0. The van der Waals surface area contributed by atoms with Gasteiger partial charge in [0.25, 0.3) is 0 Å². The first-order valence-corrected chi connectivity index (χ1v) is 5.26. The highest BCUT2D eigenvalue weighted by atomic mass is 35.7. The van der Waals surface area contributed by atoms with Crippen LogP contribution in [0.15, 0.2) is 0 Å². The Morgan fingerprint density at radius 3 is 2.62 bits per heavy atom. The molecule has 0 aliphatic carbocycles. The van der Waals surface area contributed by atoms with Crippen molar-refractivity contribution in [2.24, 2.45) is 0 Å². The second-order valence-corrected chi connectivity index (χ2v) is 4.01. The maximum atomic E-state index is 5.62. The van der Waals surface area contributed by atoms with E-state index in [1.54, 1.807) is 0 Å². The van der Waals surface area contributed by atoms with Crippen molar-refractivity contribution in [2.75, 3.05) is 0 Å². The molecule has 0 amide bonds. The maximum Gasteiger partial charge on any atom is -0.0126 e. The Labute approximate surface area is 58.6 Å². The van der Waals surface area contributed by atoms with Gasteiger partial charge in [0.2, 0.25) is 0 Å². The lowest BCUT2D eigenvalue weighted by molar-refractivity contribution is 0.712. The molecular weight excluding hydrogens is 138 g/mol. The van der Waals surface area contributed by atoms with Gasteiger partial charge in [-0.2, -0.15) is 0 Å². The molecule has 0 saturated heterocycles. The SMILES string of the molecule is CCCCC(C)PCl. The van der Waals surface area contributed by atoms with E-state index in [0.29, 0.717) is 7.93 Å². The summed E-state index contributed by atoms with van der Waals surface area (Å²) in [5.41, 5.74) is 0.747. The van der Waals surface area contributed by atoms with E-state index >= 15 is 0 Å². The Bertz CT molecular complexity index is 47.8. The van der Waals surface area contributed by atoms with Gasteiger partial charge in [-0.25, -0.2) is 0 Å². The van der Waals surface area contributed by atoms with Crippen LogP contribution >= 0.6 is 19.2 Å². The van der Waals surface area contributed by atoms with E-state index < -0.39 is 0 Å². The van der Waals surface area contributed by atoms with Crippen LogP contribution in [0.2, 0.25) is 0 Å². The fourth-order valence-electron chi connectivity index (χ4n) is 0.565. The van der Waals surface area contributed by atoms with Gasteiger partial charge in [-0.1, -0.05) is 37.9 Å². The molecule has 0 aromatic rings. The Morgan fingerprint density at radius 1 is 1.62 bits per heavy atom. The molecule has 0 aromatic carbocycles. The highest BCUT2D eigenvalue weighted by molar-refractivity contribution is 7.69. The Morgan fingerprint density at radius 2 is 2.25 bits per heavy atom. The van der Waals surface area contributed by atoms with Gasteiger partial charge in [-0.3, -0.25) is 0 Å². The van der Waals surface area contributed by atoms with Gasteiger partial charge in [0.15, 0.2) is 0 Å². The van der Waals surface area contributed by atoms with E-state index in [4.69, 9.17) is 11.2 Å². The van der Waals surface area contributed by atoms with Crippen molar-refractivity contribution in [1.82, 2.24) is 0 Å². The van der Waals surface area contributed by atoms with Crippen LogP contribution in [0.25, 0.3) is 0 Å². The predicted octanol–water partition coefficient (Wildman–Crippen LogP) is 3.40. The van der Waals surface area contributed by atoms with Crippen molar-refractivity contribution in [1.29, 1.82) is 0 Å². The molecule has 50 valence electrons. The predicted molar refractivity (Wildman–Crippen MR) is 43.2 cm³/mol. The first-order valence-electron chi connectivity index (χ1n) is 3.17. The minimum Gasteiger partial charge on any atom is -0.0998 e. The van der Waals surface area contributed by atoms with Gasteiger partial charge < -0.3 is 0 Å². The minimum absolute atomic E-state index is 0.614. The topological polar surface area (TPSA) is 0 Å². The Hall–Kier alpha value is 0.720. The van der Waals surface area contributed by atoms with Crippen LogP contribution in [0.4, 0.5) is 0 Å². The second-order valence-electron chi connectivity index (χ2n) is 2.15. The fraction of sp³-hybridized carbons (Fsp3) is 1.00. The third-order valence-corrected chi connectivity index (χ3v) is 2.96. The van der Waals surface area contributed by atoms with Gasteiger partial charge in [-0.05, 0) is 20.0 Å². The molecule has 0 aliphatic heterocycles. The molecule has 2 heteroatoms. The summed E-state index contributed by atoms with van der Waals surface area (Å²) in [5, 5.41) is 0. The summed E-state index contributed by atoms with van der Waals surface area (Å²) in [6.07, 6.45) is 3.94. The summed E-state index contributed by atoms with van der Waals surface area (Å²) in [6.45, 7) is 4.42. The molecule has 0 fully saturated rings. The lowest BCUT2D eigenvalue weighted by Gasteiger charge is -2.02. The van der Waals surface area contributed by atoms with Crippen molar-refractivity contribution in [3.8, 4) is 0 Å². The molecular formula is C6H14ClP. The first kappa shape index (κ1) is 8.72. The highest BCUT2D eigenvalue weighted by Crippen LogP contribution is 2.27. The van der Waals surface area contributed by atoms with Crippen molar-refractivity contribution >= 4 is 19.2 Å². The van der Waals surface area contributed by atoms with Crippen molar-refractivity contribution in [3.63, 3.8) is 0 Å². The molecule has 2 atom stereocenters. The molecule has 0 radical (unpaired) electrons. The second kappa shape index (κ2) is 5.85. The van der Waals surface area contributed by atoms with Crippen molar-refractivity contribution in [3.05, 3.63) is 0 Å². The molecule has 0 heterocycles. The lowest BCUT2D eigenvalue weighted by atomic mass is 10.2. The van der Waals surface area contributed by atoms with E-state index in [-0.39, 0.29) is 0 Å². The number of hydrogen-bond donors (Lipinski definition) is 0. The van der Waals surface area contributed by atoms with Crippen molar-refractivity contribution < 1.29 is 0 Å². The zero-order chi connectivity index (χ0) is 6.41. The lowest BCUT2D eigenvalue weighted by Crippen LogP contribution is -1.89. The van der Waals surface area contributed by atoms with Crippen LogP contribution in [-0.4, -0.2) is 5.66 Å². The largest absolute Gasteiger partial charge is 0.0998 e. The number of rotatable bonds is 4. The number of halogens is 1. The van der Waals surface area contributed by atoms with Crippen LogP contribution in [0.5, 0.6) is 0 Å². The van der Waals surface area contributed by atoms with Crippen LogP contribution in [0.3, 0.4) is 0 Å². The summed E-state index contributed by atoms with van der Waals surface area (Å²) in [6, 6.07) is 0. The van der Waals surface area contributed by atoms with E-state index in [1.165, 1.54) is 19.3 Å². The molecule has 0 aliphatic rings. The smallest absolute Gasteiger partial charge is 0.0126 e. The monoisotopic (exact) mass is 152 g/mol. The molecule has 0 bridgehead atoms. The Balaban J connectivity index is 2.86. The fourth-order valence-corrected chi connectivity index (χ4v) is 1.21. The number of hydrogen-bond acceptors (Lipinski definition) is 0. The molecule has 0 rings (SSSR count). The quantitative estimate of drug-likeness (QED) is 0.542. The normalized spacial score (nSPS) is 15.4. The van der Waals surface area contributed by atoms with Gasteiger partial charge in [0.1, 0.15) is 0 Å².